The van der Waals surface area contributed by atoms with Gasteiger partial charge < -0.3 is 15.2 Å². The molecule has 9 heteroatoms. The quantitative estimate of drug-likeness (QED) is 0.646. The highest BCUT2D eigenvalue weighted by Crippen LogP contribution is 2.32. The molecule has 124 valence electrons. The van der Waals surface area contributed by atoms with Crippen molar-refractivity contribution in [3.8, 4) is 0 Å². The minimum atomic E-state index is -4.41. The third-order valence-electron chi connectivity index (χ3n) is 3.91. The molecule has 23 heavy (non-hydrogen) atoms. The highest BCUT2D eigenvalue weighted by molar-refractivity contribution is 5.81. The topological polar surface area (TPSA) is 70.3 Å². The van der Waals surface area contributed by atoms with E-state index < -0.39 is 11.7 Å². The van der Waals surface area contributed by atoms with E-state index in [0.29, 0.717) is 11.3 Å². The molecule has 1 aliphatic heterocycles. The van der Waals surface area contributed by atoms with Gasteiger partial charge in [0, 0.05) is 26.2 Å². The van der Waals surface area contributed by atoms with Gasteiger partial charge in [0.1, 0.15) is 0 Å². The van der Waals surface area contributed by atoms with Gasteiger partial charge in [0.25, 0.3) is 0 Å². The Balaban J connectivity index is 2.03. The lowest BCUT2D eigenvalue weighted by atomic mass is 10.2. The van der Waals surface area contributed by atoms with Crippen molar-refractivity contribution >= 4 is 22.7 Å². The lowest BCUT2D eigenvalue weighted by Gasteiger charge is -2.33. The number of anilines is 2. The van der Waals surface area contributed by atoms with Crippen LogP contribution in [0.5, 0.6) is 0 Å². The number of nitrogens with one attached hydrogen (secondary N) is 1. The number of likely N-dealkylation sites (N-methyl/N-ethyl adjacent to an activating group) is 1. The number of fused-ring (bicyclic) bond motifs is 1. The summed E-state index contributed by atoms with van der Waals surface area (Å²) in [6.07, 6.45) is -4.41. The molecule has 6 nitrogen and oxygen atoms in total. The first-order valence-electron chi connectivity index (χ1n) is 7.17. The number of benzene rings is 1. The van der Waals surface area contributed by atoms with Crippen molar-refractivity contribution in [2.24, 2.45) is 5.84 Å². The van der Waals surface area contributed by atoms with Crippen molar-refractivity contribution < 1.29 is 13.2 Å². The molecule has 0 aliphatic carbocycles. The zero-order valence-corrected chi connectivity index (χ0v) is 12.6. The highest BCUT2D eigenvalue weighted by Gasteiger charge is 2.31. The standard InChI is InChI=1S/C14H17F3N6/c1-22-4-6-23(7-5-22)13-12(21-18)19-11-8-9(14(15,16)17)2-3-10(11)20-13/h2-3,8H,4-7,18H2,1H3,(H,19,21). The van der Waals surface area contributed by atoms with E-state index in [0.717, 1.165) is 38.3 Å². The second kappa shape index (κ2) is 5.82. The molecule has 0 spiro atoms. The smallest absolute Gasteiger partial charge is 0.351 e. The van der Waals surface area contributed by atoms with Crippen molar-refractivity contribution in [1.82, 2.24) is 14.9 Å². The Kier molecular flexibility index (Phi) is 3.99. The molecule has 0 unspecified atom stereocenters. The Morgan fingerprint density at radius 3 is 2.39 bits per heavy atom. The molecule has 0 radical (unpaired) electrons. The van der Waals surface area contributed by atoms with Crippen LogP contribution >= 0.6 is 0 Å². The van der Waals surface area contributed by atoms with E-state index in [1.165, 1.54) is 6.07 Å². The lowest BCUT2D eigenvalue weighted by Crippen LogP contribution is -2.45. The predicted octanol–water partition coefficient (Wildman–Crippen LogP) is 1.69. The van der Waals surface area contributed by atoms with Crippen molar-refractivity contribution in [3.63, 3.8) is 0 Å². The summed E-state index contributed by atoms with van der Waals surface area (Å²) in [4.78, 5) is 12.9. The molecule has 2 aromatic rings. The van der Waals surface area contributed by atoms with Crippen LogP contribution < -0.4 is 16.2 Å². The molecule has 1 aromatic heterocycles. The summed E-state index contributed by atoms with van der Waals surface area (Å²) in [6, 6.07) is 3.34. The monoisotopic (exact) mass is 326 g/mol. The Morgan fingerprint density at radius 1 is 1.09 bits per heavy atom. The van der Waals surface area contributed by atoms with Crippen LogP contribution in [0.2, 0.25) is 0 Å². The number of alkyl halides is 3. The number of hydrogen-bond acceptors (Lipinski definition) is 6. The van der Waals surface area contributed by atoms with Gasteiger partial charge in [0.2, 0.25) is 0 Å². The van der Waals surface area contributed by atoms with Gasteiger partial charge in [-0.15, -0.1) is 0 Å². The van der Waals surface area contributed by atoms with E-state index in [1.807, 2.05) is 11.9 Å². The molecule has 1 fully saturated rings. The van der Waals surface area contributed by atoms with Gasteiger partial charge in [-0.1, -0.05) is 0 Å². The van der Waals surface area contributed by atoms with E-state index in [-0.39, 0.29) is 11.3 Å². The largest absolute Gasteiger partial charge is 0.416 e. The highest BCUT2D eigenvalue weighted by atomic mass is 19.4. The van der Waals surface area contributed by atoms with Crippen molar-refractivity contribution in [3.05, 3.63) is 23.8 Å². The molecule has 0 bridgehead atoms. The maximum atomic E-state index is 12.8. The van der Waals surface area contributed by atoms with Crippen LogP contribution in [-0.2, 0) is 6.18 Å². The minimum absolute atomic E-state index is 0.158. The molecular weight excluding hydrogens is 309 g/mol. The third kappa shape index (κ3) is 3.15. The van der Waals surface area contributed by atoms with Crippen LogP contribution in [0.1, 0.15) is 5.56 Å². The van der Waals surface area contributed by atoms with Crippen molar-refractivity contribution in [2.75, 3.05) is 43.6 Å². The molecule has 2 heterocycles. The Bertz CT molecular complexity index is 709. The van der Waals surface area contributed by atoms with Gasteiger partial charge in [0.15, 0.2) is 11.6 Å². The van der Waals surface area contributed by atoms with E-state index in [2.05, 4.69) is 20.3 Å². The number of piperazine rings is 1. The average Bonchev–Trinajstić information content (AvgIpc) is 2.53. The van der Waals surface area contributed by atoms with Gasteiger partial charge in [-0.3, -0.25) is 0 Å². The normalized spacial score (nSPS) is 16.8. The van der Waals surface area contributed by atoms with E-state index in [1.54, 1.807) is 0 Å². The molecule has 1 aliphatic rings. The first-order chi connectivity index (χ1) is 10.9. The van der Waals surface area contributed by atoms with Crippen LogP contribution in [0.25, 0.3) is 11.0 Å². The number of nitrogens with two attached hydrogens (primary N) is 1. The van der Waals surface area contributed by atoms with Gasteiger partial charge in [0.05, 0.1) is 16.6 Å². The first-order valence-corrected chi connectivity index (χ1v) is 7.17. The molecular formula is C14H17F3N6. The number of aromatic nitrogens is 2. The van der Waals surface area contributed by atoms with Crippen LogP contribution in [0.3, 0.4) is 0 Å². The maximum absolute atomic E-state index is 12.8. The van der Waals surface area contributed by atoms with Gasteiger partial charge in [-0.05, 0) is 25.2 Å². The fourth-order valence-corrected chi connectivity index (χ4v) is 2.56. The van der Waals surface area contributed by atoms with Crippen molar-refractivity contribution in [2.45, 2.75) is 6.18 Å². The van der Waals surface area contributed by atoms with E-state index in [4.69, 9.17) is 5.84 Å². The summed E-state index contributed by atoms with van der Waals surface area (Å²) in [5.41, 5.74) is 2.26. The summed E-state index contributed by atoms with van der Waals surface area (Å²) in [7, 11) is 2.03. The number of hydrazine groups is 1. The molecule has 0 atom stereocenters. The average molecular weight is 326 g/mol. The second-order valence-corrected chi connectivity index (χ2v) is 5.53. The molecule has 1 aromatic carbocycles. The Morgan fingerprint density at radius 2 is 1.78 bits per heavy atom. The van der Waals surface area contributed by atoms with E-state index in [9.17, 15) is 13.2 Å². The number of nitrogen functional groups attached to an aromatic ring is 1. The fourth-order valence-electron chi connectivity index (χ4n) is 2.56. The SMILES string of the molecule is CN1CCN(c2nc3ccc(C(F)(F)F)cc3nc2NN)CC1. The molecule has 1 saturated heterocycles. The predicted molar refractivity (Wildman–Crippen MR) is 82.1 cm³/mol. The van der Waals surface area contributed by atoms with Gasteiger partial charge in [-0.2, -0.15) is 13.2 Å². The van der Waals surface area contributed by atoms with Crippen LogP contribution in [0, 0.1) is 0 Å². The Hall–Kier alpha value is -2.13. The maximum Gasteiger partial charge on any atom is 0.416 e. The number of nitrogens with zero attached hydrogens (tertiary/aromatic N) is 4. The van der Waals surface area contributed by atoms with Gasteiger partial charge >= 0.3 is 6.18 Å². The van der Waals surface area contributed by atoms with E-state index >= 15 is 0 Å². The number of halogens is 3. The summed E-state index contributed by atoms with van der Waals surface area (Å²) < 4.78 is 38.4. The molecule has 3 rings (SSSR count). The zero-order chi connectivity index (χ0) is 16.6. The Labute approximate surface area is 131 Å². The number of rotatable bonds is 2. The molecule has 3 N–H and O–H groups in total. The number of hydrogen-bond donors (Lipinski definition) is 2. The van der Waals surface area contributed by atoms with Gasteiger partial charge in [-0.25, -0.2) is 15.8 Å². The summed E-state index contributed by atoms with van der Waals surface area (Å²) >= 11 is 0. The van der Waals surface area contributed by atoms with Crippen LogP contribution in [-0.4, -0.2) is 48.1 Å². The third-order valence-corrected chi connectivity index (χ3v) is 3.91. The second-order valence-electron chi connectivity index (χ2n) is 5.53. The zero-order valence-electron chi connectivity index (χ0n) is 12.6. The molecule has 0 amide bonds. The lowest BCUT2D eigenvalue weighted by molar-refractivity contribution is -0.137. The first kappa shape index (κ1) is 15.8. The van der Waals surface area contributed by atoms with Crippen LogP contribution in [0.4, 0.5) is 24.8 Å². The van der Waals surface area contributed by atoms with Crippen molar-refractivity contribution in [1.29, 1.82) is 0 Å². The summed E-state index contributed by atoms with van der Waals surface area (Å²) in [5, 5.41) is 0. The molecule has 0 saturated carbocycles. The minimum Gasteiger partial charge on any atom is -0.351 e. The summed E-state index contributed by atoms with van der Waals surface area (Å²) in [6.45, 7) is 3.26. The van der Waals surface area contributed by atoms with Crippen LogP contribution in [0.15, 0.2) is 18.2 Å². The fraction of sp³-hybridized carbons (Fsp3) is 0.429. The summed E-state index contributed by atoms with van der Waals surface area (Å²) in [5.74, 6) is 6.33.